The molecule has 1 N–H and O–H groups in total. The molecule has 0 spiro atoms. The minimum absolute atomic E-state index is 0.291. The van der Waals surface area contributed by atoms with Crippen LogP contribution in [0.1, 0.15) is 61.8 Å². The van der Waals surface area contributed by atoms with E-state index in [0.29, 0.717) is 5.92 Å². The van der Waals surface area contributed by atoms with Gasteiger partial charge in [-0.15, -0.1) is 0 Å². The lowest BCUT2D eigenvalue weighted by atomic mass is 9.72. The van der Waals surface area contributed by atoms with Gasteiger partial charge in [-0.1, -0.05) is 74.9 Å². The number of aliphatic hydroxyl groups is 1. The Hall–Kier alpha value is -1.60. The largest absolute Gasteiger partial charge is 0.387 e. The maximum absolute atomic E-state index is 11.1. The molecule has 1 aliphatic rings. The average Bonchev–Trinajstić information content (AvgIpc) is 2.46. The Balaban J connectivity index is 1.96. The summed E-state index contributed by atoms with van der Waals surface area (Å²) in [5, 5.41) is 11.1. The zero-order valence-corrected chi connectivity index (χ0v) is 12.9. The Labute approximate surface area is 127 Å². The predicted molar refractivity (Wildman–Crippen MR) is 87.5 cm³/mol. The smallest absolute Gasteiger partial charge is 0.0883 e. The van der Waals surface area contributed by atoms with Crippen LogP contribution in [0, 0.1) is 0 Å². The molecule has 1 aliphatic carbocycles. The SMILES string of the molecule is CC(C)(c1ccccc1)C(O)c1ccccc1C1CCC1. The van der Waals surface area contributed by atoms with E-state index in [-0.39, 0.29) is 5.41 Å². The van der Waals surface area contributed by atoms with Gasteiger partial charge in [-0.2, -0.15) is 0 Å². The molecule has 21 heavy (non-hydrogen) atoms. The van der Waals surface area contributed by atoms with E-state index in [1.807, 2.05) is 24.3 Å². The fraction of sp³-hybridized carbons (Fsp3) is 0.400. The molecule has 0 aliphatic heterocycles. The number of aliphatic hydroxyl groups excluding tert-OH is 1. The van der Waals surface area contributed by atoms with E-state index in [4.69, 9.17) is 0 Å². The Morgan fingerprint density at radius 1 is 0.952 bits per heavy atom. The molecular formula is C20H24O. The van der Waals surface area contributed by atoms with E-state index < -0.39 is 6.10 Å². The highest BCUT2D eigenvalue weighted by Crippen LogP contribution is 2.44. The van der Waals surface area contributed by atoms with Crippen LogP contribution in [-0.4, -0.2) is 5.11 Å². The maximum atomic E-state index is 11.1. The van der Waals surface area contributed by atoms with Crippen LogP contribution >= 0.6 is 0 Å². The highest BCUT2D eigenvalue weighted by Gasteiger charge is 2.34. The van der Waals surface area contributed by atoms with Crippen LogP contribution in [0.5, 0.6) is 0 Å². The standard InChI is InChI=1S/C20H24O/c1-20(2,16-11-4-3-5-12-16)19(21)18-14-7-6-13-17(18)15-9-8-10-15/h3-7,11-15,19,21H,8-10H2,1-2H3. The third kappa shape index (κ3) is 2.63. The summed E-state index contributed by atoms with van der Waals surface area (Å²) in [6.45, 7) is 4.26. The first-order valence-electron chi connectivity index (χ1n) is 7.93. The van der Waals surface area contributed by atoms with E-state index >= 15 is 0 Å². The molecule has 2 aromatic rings. The fourth-order valence-electron chi connectivity index (χ4n) is 3.27. The Morgan fingerprint density at radius 3 is 2.19 bits per heavy atom. The van der Waals surface area contributed by atoms with Gasteiger partial charge in [0.2, 0.25) is 0 Å². The van der Waals surface area contributed by atoms with Gasteiger partial charge in [0.15, 0.2) is 0 Å². The average molecular weight is 280 g/mol. The zero-order valence-electron chi connectivity index (χ0n) is 12.9. The molecule has 1 nitrogen and oxygen atoms in total. The molecule has 0 heterocycles. The second-order valence-electron chi connectivity index (χ2n) is 6.75. The fourth-order valence-corrected chi connectivity index (χ4v) is 3.27. The molecule has 0 saturated heterocycles. The van der Waals surface area contributed by atoms with E-state index in [1.165, 1.54) is 30.4 Å². The molecule has 0 aromatic heterocycles. The molecule has 0 bridgehead atoms. The summed E-state index contributed by atoms with van der Waals surface area (Å²) < 4.78 is 0. The third-order valence-electron chi connectivity index (χ3n) is 5.04. The van der Waals surface area contributed by atoms with Crippen LogP contribution in [0.4, 0.5) is 0 Å². The number of rotatable bonds is 4. The molecule has 1 fully saturated rings. The van der Waals surface area contributed by atoms with E-state index in [0.717, 1.165) is 5.56 Å². The van der Waals surface area contributed by atoms with Gasteiger partial charge in [0, 0.05) is 5.41 Å². The maximum Gasteiger partial charge on any atom is 0.0883 e. The van der Waals surface area contributed by atoms with Gasteiger partial charge in [0.1, 0.15) is 0 Å². The molecule has 3 rings (SSSR count). The van der Waals surface area contributed by atoms with Crippen LogP contribution in [0.15, 0.2) is 54.6 Å². The summed E-state index contributed by atoms with van der Waals surface area (Å²) in [4.78, 5) is 0. The van der Waals surface area contributed by atoms with Gasteiger partial charge in [-0.05, 0) is 35.4 Å². The highest BCUT2D eigenvalue weighted by atomic mass is 16.3. The van der Waals surface area contributed by atoms with Crippen molar-refractivity contribution in [2.24, 2.45) is 0 Å². The Morgan fingerprint density at radius 2 is 1.57 bits per heavy atom. The summed E-state index contributed by atoms with van der Waals surface area (Å²) in [7, 11) is 0. The van der Waals surface area contributed by atoms with Crippen molar-refractivity contribution in [2.45, 2.75) is 50.5 Å². The van der Waals surface area contributed by atoms with Crippen LogP contribution in [-0.2, 0) is 5.41 Å². The predicted octanol–water partition coefficient (Wildman–Crippen LogP) is 4.97. The van der Waals surface area contributed by atoms with Crippen molar-refractivity contribution < 1.29 is 5.11 Å². The number of hydrogen-bond acceptors (Lipinski definition) is 1. The van der Waals surface area contributed by atoms with Gasteiger partial charge in [0.25, 0.3) is 0 Å². The van der Waals surface area contributed by atoms with Crippen LogP contribution < -0.4 is 0 Å². The topological polar surface area (TPSA) is 20.2 Å². The summed E-state index contributed by atoms with van der Waals surface area (Å²) in [5.41, 5.74) is 3.35. The van der Waals surface area contributed by atoms with Crippen molar-refractivity contribution >= 4 is 0 Å². The third-order valence-corrected chi connectivity index (χ3v) is 5.04. The van der Waals surface area contributed by atoms with Crippen molar-refractivity contribution in [3.05, 3.63) is 71.3 Å². The van der Waals surface area contributed by atoms with Gasteiger partial charge in [-0.25, -0.2) is 0 Å². The molecule has 1 saturated carbocycles. The molecule has 0 amide bonds. The van der Waals surface area contributed by atoms with Crippen LogP contribution in [0.2, 0.25) is 0 Å². The van der Waals surface area contributed by atoms with Crippen molar-refractivity contribution in [1.29, 1.82) is 0 Å². The molecule has 110 valence electrons. The van der Waals surface area contributed by atoms with Crippen LogP contribution in [0.3, 0.4) is 0 Å². The van der Waals surface area contributed by atoms with Gasteiger partial charge < -0.3 is 5.11 Å². The lowest BCUT2D eigenvalue weighted by Crippen LogP contribution is -2.28. The minimum atomic E-state index is -0.475. The van der Waals surface area contributed by atoms with Crippen LogP contribution in [0.25, 0.3) is 0 Å². The quantitative estimate of drug-likeness (QED) is 0.838. The Bertz CT molecular complexity index is 596. The van der Waals surface area contributed by atoms with E-state index in [1.54, 1.807) is 0 Å². The summed E-state index contributed by atoms with van der Waals surface area (Å²) in [6, 6.07) is 18.8. The first-order valence-corrected chi connectivity index (χ1v) is 7.93. The first-order chi connectivity index (χ1) is 10.1. The second-order valence-corrected chi connectivity index (χ2v) is 6.75. The highest BCUT2D eigenvalue weighted by molar-refractivity contribution is 5.37. The lowest BCUT2D eigenvalue weighted by Gasteiger charge is -2.35. The van der Waals surface area contributed by atoms with Crippen molar-refractivity contribution in [3.8, 4) is 0 Å². The molecule has 1 heteroatoms. The van der Waals surface area contributed by atoms with Gasteiger partial charge >= 0.3 is 0 Å². The summed E-state index contributed by atoms with van der Waals surface area (Å²) >= 11 is 0. The molecular weight excluding hydrogens is 256 g/mol. The zero-order chi connectivity index (χ0) is 14.9. The van der Waals surface area contributed by atoms with Crippen molar-refractivity contribution in [1.82, 2.24) is 0 Å². The van der Waals surface area contributed by atoms with Crippen molar-refractivity contribution in [3.63, 3.8) is 0 Å². The number of hydrogen-bond donors (Lipinski definition) is 1. The van der Waals surface area contributed by atoms with Gasteiger partial charge in [-0.3, -0.25) is 0 Å². The van der Waals surface area contributed by atoms with Crippen molar-refractivity contribution in [2.75, 3.05) is 0 Å². The first kappa shape index (κ1) is 14.3. The minimum Gasteiger partial charge on any atom is -0.387 e. The monoisotopic (exact) mass is 280 g/mol. The van der Waals surface area contributed by atoms with E-state index in [9.17, 15) is 5.11 Å². The number of benzene rings is 2. The van der Waals surface area contributed by atoms with Gasteiger partial charge in [0.05, 0.1) is 6.10 Å². The lowest BCUT2D eigenvalue weighted by molar-refractivity contribution is 0.0984. The summed E-state index contributed by atoms with van der Waals surface area (Å²) in [5.74, 6) is 0.641. The summed E-state index contributed by atoms with van der Waals surface area (Å²) in [6.07, 6.45) is 3.36. The second kappa shape index (κ2) is 5.65. The normalized spacial score (nSPS) is 17.3. The molecule has 2 aromatic carbocycles. The molecule has 1 atom stereocenters. The van der Waals surface area contributed by atoms with E-state index in [2.05, 4.69) is 44.2 Å². The molecule has 0 radical (unpaired) electrons. The molecule has 1 unspecified atom stereocenters. The Kier molecular flexibility index (Phi) is 3.86.